The molecule has 18 heavy (non-hydrogen) atoms. The maximum absolute atomic E-state index is 10.9. The second kappa shape index (κ2) is 4.83. The Bertz CT molecular complexity index is 517. The minimum Gasteiger partial charge on any atom is -0.486 e. The van der Waals surface area contributed by atoms with Gasteiger partial charge in [0.15, 0.2) is 17.8 Å². The molecule has 1 heterocycles. The van der Waals surface area contributed by atoms with Crippen LogP contribution in [0.3, 0.4) is 0 Å². The van der Waals surface area contributed by atoms with E-state index in [1.54, 1.807) is 0 Å². The molecule has 0 radical (unpaired) electrons. The summed E-state index contributed by atoms with van der Waals surface area (Å²) >= 11 is 5.90. The van der Waals surface area contributed by atoms with Crippen molar-refractivity contribution in [1.29, 1.82) is 0 Å². The number of hydrogen-bond acceptors (Lipinski definition) is 5. The molecule has 96 valence electrons. The Morgan fingerprint density at radius 2 is 2.06 bits per heavy atom. The van der Waals surface area contributed by atoms with Crippen LogP contribution in [-0.4, -0.2) is 30.6 Å². The van der Waals surface area contributed by atoms with E-state index in [2.05, 4.69) is 0 Å². The van der Waals surface area contributed by atoms with Crippen LogP contribution in [0, 0.1) is 0 Å². The van der Waals surface area contributed by atoms with Crippen molar-refractivity contribution in [3.63, 3.8) is 0 Å². The topological polar surface area (TPSA) is 98.9 Å². The molecule has 0 amide bonds. The zero-order valence-corrected chi connectivity index (χ0v) is 9.94. The molecule has 0 saturated carbocycles. The summed E-state index contributed by atoms with van der Waals surface area (Å²) in [5, 5.41) is 9.00. The zero-order valence-electron chi connectivity index (χ0n) is 9.18. The number of aldehydes is 1. The molecular formula is C11H10ClNO5. The minimum absolute atomic E-state index is 0.0842. The number of benzene rings is 1. The van der Waals surface area contributed by atoms with Gasteiger partial charge in [0.2, 0.25) is 0 Å². The van der Waals surface area contributed by atoms with E-state index in [4.69, 9.17) is 31.9 Å². The molecule has 6 nitrogen and oxygen atoms in total. The van der Waals surface area contributed by atoms with Gasteiger partial charge in [0.05, 0.1) is 10.6 Å². The van der Waals surface area contributed by atoms with Crippen molar-refractivity contribution < 1.29 is 24.2 Å². The van der Waals surface area contributed by atoms with Crippen LogP contribution >= 0.6 is 11.6 Å². The highest BCUT2D eigenvalue weighted by atomic mass is 35.5. The SMILES string of the molecule is NC(C(=O)O)c1cc(Cl)c(C=O)c2c1OCCO2. The third kappa shape index (κ3) is 2.00. The molecule has 0 bridgehead atoms. The van der Waals surface area contributed by atoms with Gasteiger partial charge in [-0.3, -0.25) is 9.59 Å². The summed E-state index contributed by atoms with van der Waals surface area (Å²) in [5.74, 6) is -0.903. The molecule has 1 aliphatic heterocycles. The number of nitrogens with two attached hydrogens (primary N) is 1. The van der Waals surface area contributed by atoms with Crippen molar-refractivity contribution in [3.8, 4) is 11.5 Å². The number of carbonyl (C=O) groups is 2. The van der Waals surface area contributed by atoms with E-state index in [9.17, 15) is 9.59 Å². The third-order valence-electron chi connectivity index (χ3n) is 2.55. The predicted octanol–water partition coefficient (Wildman–Crippen LogP) is 1.01. The van der Waals surface area contributed by atoms with Gasteiger partial charge in [-0.05, 0) is 6.07 Å². The summed E-state index contributed by atoms with van der Waals surface area (Å²) < 4.78 is 10.6. The Kier molecular flexibility index (Phi) is 3.40. The van der Waals surface area contributed by atoms with E-state index in [0.29, 0.717) is 6.29 Å². The zero-order chi connectivity index (χ0) is 13.3. The lowest BCUT2D eigenvalue weighted by molar-refractivity contribution is -0.138. The van der Waals surface area contributed by atoms with E-state index < -0.39 is 12.0 Å². The molecule has 2 rings (SSSR count). The highest BCUT2D eigenvalue weighted by molar-refractivity contribution is 6.33. The normalized spacial score (nSPS) is 15.0. The lowest BCUT2D eigenvalue weighted by Gasteiger charge is -2.24. The van der Waals surface area contributed by atoms with Gasteiger partial charge >= 0.3 is 5.97 Å². The van der Waals surface area contributed by atoms with Crippen LogP contribution in [-0.2, 0) is 4.79 Å². The fourth-order valence-electron chi connectivity index (χ4n) is 1.70. The van der Waals surface area contributed by atoms with Gasteiger partial charge < -0.3 is 20.3 Å². The fourth-order valence-corrected chi connectivity index (χ4v) is 1.94. The van der Waals surface area contributed by atoms with Gasteiger partial charge in [-0.2, -0.15) is 0 Å². The van der Waals surface area contributed by atoms with Crippen LogP contribution in [0.4, 0.5) is 0 Å². The second-order valence-corrected chi connectivity index (χ2v) is 4.06. The van der Waals surface area contributed by atoms with Crippen molar-refractivity contribution in [3.05, 3.63) is 22.2 Å². The van der Waals surface area contributed by atoms with Crippen molar-refractivity contribution >= 4 is 23.9 Å². The first kappa shape index (κ1) is 12.7. The van der Waals surface area contributed by atoms with Gasteiger partial charge in [-0.1, -0.05) is 11.6 Å². The molecule has 3 N–H and O–H groups in total. The van der Waals surface area contributed by atoms with Gasteiger partial charge in [0.25, 0.3) is 0 Å². The van der Waals surface area contributed by atoms with Crippen LogP contribution in [0.2, 0.25) is 5.02 Å². The first-order valence-corrected chi connectivity index (χ1v) is 5.49. The predicted molar refractivity (Wildman–Crippen MR) is 62.4 cm³/mol. The van der Waals surface area contributed by atoms with Gasteiger partial charge in [-0.15, -0.1) is 0 Å². The van der Waals surface area contributed by atoms with E-state index in [0.717, 1.165) is 0 Å². The summed E-state index contributed by atoms with van der Waals surface area (Å²) in [5.41, 5.74) is 5.86. The largest absolute Gasteiger partial charge is 0.486 e. The Hall–Kier alpha value is -1.79. The first-order chi connectivity index (χ1) is 8.56. The number of hydrogen-bond donors (Lipinski definition) is 2. The summed E-state index contributed by atoms with van der Waals surface area (Å²) in [6.07, 6.45) is 0.534. The van der Waals surface area contributed by atoms with E-state index in [1.165, 1.54) is 6.07 Å². The van der Waals surface area contributed by atoms with Gasteiger partial charge in [0.1, 0.15) is 19.3 Å². The molecule has 7 heteroatoms. The van der Waals surface area contributed by atoms with E-state index >= 15 is 0 Å². The molecule has 1 atom stereocenters. The molecule has 1 aromatic rings. The molecule has 0 fully saturated rings. The molecule has 0 aromatic heterocycles. The molecular weight excluding hydrogens is 262 g/mol. The number of ether oxygens (including phenoxy) is 2. The molecule has 1 aromatic carbocycles. The van der Waals surface area contributed by atoms with Crippen LogP contribution in [0.15, 0.2) is 6.07 Å². The Balaban J connectivity index is 2.64. The summed E-state index contributed by atoms with van der Waals surface area (Å²) in [4.78, 5) is 21.9. The lowest BCUT2D eigenvalue weighted by Crippen LogP contribution is -2.25. The first-order valence-electron chi connectivity index (χ1n) is 5.11. The number of rotatable bonds is 3. The minimum atomic E-state index is -1.29. The molecule has 0 aliphatic carbocycles. The number of carboxylic acids is 1. The molecule has 1 aliphatic rings. The average molecular weight is 272 g/mol. The van der Waals surface area contributed by atoms with Crippen molar-refractivity contribution in [2.45, 2.75) is 6.04 Å². The van der Waals surface area contributed by atoms with Crippen molar-refractivity contribution in [2.24, 2.45) is 5.73 Å². The van der Waals surface area contributed by atoms with Gasteiger partial charge in [-0.25, -0.2) is 0 Å². The number of carbonyl (C=O) groups excluding carboxylic acids is 1. The Morgan fingerprint density at radius 3 is 2.61 bits per heavy atom. The molecule has 1 unspecified atom stereocenters. The number of aliphatic carboxylic acids is 1. The summed E-state index contributed by atoms with van der Waals surface area (Å²) in [7, 11) is 0. The Labute approximate surface area is 107 Å². The standard InChI is InChI=1S/C11H10ClNO5/c12-7-3-5(8(13)11(15)16)9-10(6(7)4-14)18-2-1-17-9/h3-4,8H,1-2,13H2,(H,15,16). The summed E-state index contributed by atoms with van der Waals surface area (Å²) in [6.45, 7) is 0.516. The fraction of sp³-hybridized carbons (Fsp3) is 0.273. The summed E-state index contributed by atoms with van der Waals surface area (Å²) in [6, 6.07) is 0.0241. The monoisotopic (exact) mass is 271 g/mol. The third-order valence-corrected chi connectivity index (χ3v) is 2.86. The number of halogens is 1. The second-order valence-electron chi connectivity index (χ2n) is 3.65. The number of fused-ring (bicyclic) bond motifs is 1. The van der Waals surface area contributed by atoms with E-state index in [-0.39, 0.29) is 40.9 Å². The highest BCUT2D eigenvalue weighted by Crippen LogP contribution is 2.42. The smallest absolute Gasteiger partial charge is 0.325 e. The number of carboxylic acid groups (broad SMARTS) is 1. The quantitative estimate of drug-likeness (QED) is 0.796. The van der Waals surface area contributed by atoms with Crippen molar-refractivity contribution in [1.82, 2.24) is 0 Å². The maximum Gasteiger partial charge on any atom is 0.325 e. The average Bonchev–Trinajstić information content (AvgIpc) is 2.37. The molecule has 0 saturated heterocycles. The molecule has 0 spiro atoms. The van der Waals surface area contributed by atoms with Crippen LogP contribution < -0.4 is 15.2 Å². The highest BCUT2D eigenvalue weighted by Gasteiger charge is 2.28. The van der Waals surface area contributed by atoms with Crippen LogP contribution in [0.1, 0.15) is 22.0 Å². The lowest BCUT2D eigenvalue weighted by atomic mass is 10.0. The Morgan fingerprint density at radius 1 is 1.44 bits per heavy atom. The van der Waals surface area contributed by atoms with Gasteiger partial charge in [0, 0.05) is 5.56 Å². The van der Waals surface area contributed by atoms with Crippen LogP contribution in [0.25, 0.3) is 0 Å². The van der Waals surface area contributed by atoms with Crippen molar-refractivity contribution in [2.75, 3.05) is 13.2 Å². The van der Waals surface area contributed by atoms with Crippen LogP contribution in [0.5, 0.6) is 11.5 Å². The van der Waals surface area contributed by atoms with E-state index in [1.807, 2.05) is 0 Å². The maximum atomic E-state index is 10.9.